The number of amides is 1. The van der Waals surface area contributed by atoms with Crippen LogP contribution in [0.15, 0.2) is 54.6 Å². The molecular formula is C19H17NOS2. The molecule has 0 radical (unpaired) electrons. The fourth-order valence-corrected chi connectivity index (χ4v) is 5.44. The van der Waals surface area contributed by atoms with E-state index < -0.39 is 0 Å². The standard InChI is InChI=1S/C19H17NOS2/c1-13-9-10-17(23-13)19-20(11-12-22-19)18(21)16-8-4-6-14-5-2-3-7-15(14)16/h2-10,19H,11-12H2,1H3/t19-/m1/s1. The smallest absolute Gasteiger partial charge is 0.255 e. The summed E-state index contributed by atoms with van der Waals surface area (Å²) in [6, 6.07) is 18.4. The van der Waals surface area contributed by atoms with Crippen LogP contribution in [0.4, 0.5) is 0 Å². The Bertz CT molecular complexity index is 865. The molecule has 1 aliphatic rings. The van der Waals surface area contributed by atoms with Gasteiger partial charge in [0.25, 0.3) is 5.91 Å². The summed E-state index contributed by atoms with van der Waals surface area (Å²) in [6.07, 6.45) is 0. The molecule has 1 aliphatic heterocycles. The van der Waals surface area contributed by atoms with E-state index in [9.17, 15) is 4.79 Å². The van der Waals surface area contributed by atoms with Crippen LogP contribution in [0.25, 0.3) is 10.8 Å². The molecule has 0 spiro atoms. The second kappa shape index (κ2) is 6.02. The van der Waals surface area contributed by atoms with Crippen molar-refractivity contribution in [3.8, 4) is 0 Å². The van der Waals surface area contributed by atoms with Crippen LogP contribution in [0.2, 0.25) is 0 Å². The Kier molecular flexibility index (Phi) is 3.87. The van der Waals surface area contributed by atoms with Crippen LogP contribution < -0.4 is 0 Å². The van der Waals surface area contributed by atoms with Crippen molar-refractivity contribution in [2.24, 2.45) is 0 Å². The van der Waals surface area contributed by atoms with Crippen molar-refractivity contribution < 1.29 is 4.79 Å². The van der Waals surface area contributed by atoms with E-state index in [1.165, 1.54) is 9.75 Å². The summed E-state index contributed by atoms with van der Waals surface area (Å²) in [7, 11) is 0. The largest absolute Gasteiger partial charge is 0.321 e. The number of carbonyl (C=O) groups excluding carboxylic acids is 1. The highest BCUT2D eigenvalue weighted by Crippen LogP contribution is 2.41. The number of rotatable bonds is 2. The first-order valence-electron chi connectivity index (χ1n) is 7.71. The van der Waals surface area contributed by atoms with Gasteiger partial charge in [0.15, 0.2) is 0 Å². The van der Waals surface area contributed by atoms with Gasteiger partial charge >= 0.3 is 0 Å². The summed E-state index contributed by atoms with van der Waals surface area (Å²) in [5.41, 5.74) is 0.809. The molecule has 4 heteroatoms. The summed E-state index contributed by atoms with van der Waals surface area (Å²) in [6.45, 7) is 2.93. The maximum Gasteiger partial charge on any atom is 0.255 e. The predicted molar refractivity (Wildman–Crippen MR) is 99.2 cm³/mol. The highest BCUT2D eigenvalue weighted by molar-refractivity contribution is 7.99. The lowest BCUT2D eigenvalue weighted by Gasteiger charge is -2.23. The number of aryl methyl sites for hydroxylation is 1. The number of hydrogen-bond acceptors (Lipinski definition) is 3. The lowest BCUT2D eigenvalue weighted by Crippen LogP contribution is -2.30. The lowest BCUT2D eigenvalue weighted by atomic mass is 10.0. The Hall–Kier alpha value is -1.78. The minimum Gasteiger partial charge on any atom is -0.321 e. The first-order chi connectivity index (χ1) is 11.2. The Morgan fingerprint density at radius 3 is 2.74 bits per heavy atom. The first-order valence-corrected chi connectivity index (χ1v) is 9.57. The highest BCUT2D eigenvalue weighted by atomic mass is 32.2. The maximum absolute atomic E-state index is 13.2. The van der Waals surface area contributed by atoms with Crippen molar-refractivity contribution in [2.45, 2.75) is 12.3 Å². The Labute approximate surface area is 144 Å². The molecule has 1 amide bonds. The molecule has 0 bridgehead atoms. The van der Waals surface area contributed by atoms with Crippen molar-refractivity contribution in [2.75, 3.05) is 12.3 Å². The van der Waals surface area contributed by atoms with Gasteiger partial charge in [0.1, 0.15) is 5.37 Å². The molecule has 3 aromatic rings. The van der Waals surface area contributed by atoms with E-state index >= 15 is 0 Å². The lowest BCUT2D eigenvalue weighted by molar-refractivity contribution is 0.0764. The van der Waals surface area contributed by atoms with Crippen molar-refractivity contribution in [3.63, 3.8) is 0 Å². The average molecular weight is 339 g/mol. The molecule has 1 aromatic heterocycles. The second-order valence-corrected chi connectivity index (χ2v) is 8.20. The molecule has 2 nitrogen and oxygen atoms in total. The minimum absolute atomic E-state index is 0.142. The van der Waals surface area contributed by atoms with Crippen LogP contribution in [0, 0.1) is 6.92 Å². The summed E-state index contributed by atoms with van der Waals surface area (Å²) >= 11 is 3.65. The zero-order valence-electron chi connectivity index (χ0n) is 12.9. The summed E-state index contributed by atoms with van der Waals surface area (Å²) in [4.78, 5) is 17.8. The highest BCUT2D eigenvalue weighted by Gasteiger charge is 2.32. The van der Waals surface area contributed by atoms with E-state index in [4.69, 9.17) is 0 Å². The summed E-state index contributed by atoms with van der Waals surface area (Å²) in [5, 5.41) is 2.31. The molecule has 0 N–H and O–H groups in total. The predicted octanol–water partition coefficient (Wildman–Crippen LogP) is 5.10. The average Bonchev–Trinajstić information content (AvgIpc) is 3.22. The monoisotopic (exact) mass is 339 g/mol. The van der Waals surface area contributed by atoms with Crippen LogP contribution in [-0.4, -0.2) is 23.1 Å². The molecule has 0 aliphatic carbocycles. The molecule has 116 valence electrons. The molecule has 1 fully saturated rings. The Morgan fingerprint density at radius 2 is 1.91 bits per heavy atom. The quantitative estimate of drug-likeness (QED) is 0.647. The van der Waals surface area contributed by atoms with Crippen molar-refractivity contribution in [3.05, 3.63) is 69.9 Å². The first kappa shape index (κ1) is 14.8. The van der Waals surface area contributed by atoms with Crippen LogP contribution >= 0.6 is 23.1 Å². The molecule has 2 heterocycles. The van der Waals surface area contributed by atoms with Gasteiger partial charge in [-0.1, -0.05) is 36.4 Å². The summed E-state index contributed by atoms with van der Waals surface area (Å²) < 4.78 is 0. The number of hydrogen-bond donors (Lipinski definition) is 0. The second-order valence-electron chi connectivity index (χ2n) is 5.70. The third kappa shape index (κ3) is 2.66. The van der Waals surface area contributed by atoms with Gasteiger partial charge in [-0.05, 0) is 35.9 Å². The van der Waals surface area contributed by atoms with E-state index in [0.717, 1.165) is 28.6 Å². The number of fused-ring (bicyclic) bond motifs is 1. The van der Waals surface area contributed by atoms with Crippen molar-refractivity contribution in [1.29, 1.82) is 0 Å². The van der Waals surface area contributed by atoms with Gasteiger partial charge < -0.3 is 4.90 Å². The van der Waals surface area contributed by atoms with Gasteiger partial charge in [-0.15, -0.1) is 23.1 Å². The molecule has 2 aromatic carbocycles. The minimum atomic E-state index is 0.142. The molecule has 1 atom stereocenters. The van der Waals surface area contributed by atoms with Gasteiger partial charge in [-0.25, -0.2) is 0 Å². The SMILES string of the molecule is Cc1ccc([C@H]2SCCN2C(=O)c2cccc3ccccc23)s1. The third-order valence-corrected chi connectivity index (χ3v) is 6.62. The van der Waals surface area contributed by atoms with Crippen LogP contribution in [-0.2, 0) is 0 Å². The number of thiophene rings is 1. The van der Waals surface area contributed by atoms with Crippen LogP contribution in [0.1, 0.15) is 25.5 Å². The summed E-state index contributed by atoms with van der Waals surface area (Å²) in [5.74, 6) is 1.14. The number of nitrogens with zero attached hydrogens (tertiary/aromatic N) is 1. The molecule has 0 saturated carbocycles. The number of carbonyl (C=O) groups is 1. The van der Waals surface area contributed by atoms with E-state index in [-0.39, 0.29) is 11.3 Å². The van der Waals surface area contributed by atoms with Gasteiger partial charge in [0, 0.05) is 27.6 Å². The molecular weight excluding hydrogens is 322 g/mol. The fourth-order valence-electron chi connectivity index (χ4n) is 3.07. The van der Waals surface area contributed by atoms with Crippen LogP contribution in [0.5, 0.6) is 0 Å². The molecule has 4 rings (SSSR count). The third-order valence-electron chi connectivity index (χ3n) is 4.18. The van der Waals surface area contributed by atoms with Crippen molar-refractivity contribution in [1.82, 2.24) is 4.90 Å². The van der Waals surface area contributed by atoms with E-state index in [1.807, 2.05) is 47.0 Å². The van der Waals surface area contributed by atoms with E-state index in [0.29, 0.717) is 0 Å². The van der Waals surface area contributed by atoms with Gasteiger partial charge in [0.2, 0.25) is 0 Å². The maximum atomic E-state index is 13.2. The fraction of sp³-hybridized carbons (Fsp3) is 0.211. The number of thioether (sulfide) groups is 1. The van der Waals surface area contributed by atoms with Gasteiger partial charge in [0.05, 0.1) is 0 Å². The number of benzene rings is 2. The zero-order chi connectivity index (χ0) is 15.8. The van der Waals surface area contributed by atoms with Gasteiger partial charge in [-0.2, -0.15) is 0 Å². The Balaban J connectivity index is 1.72. The molecule has 0 unspecified atom stereocenters. The molecule has 1 saturated heterocycles. The molecule has 23 heavy (non-hydrogen) atoms. The van der Waals surface area contributed by atoms with Gasteiger partial charge in [-0.3, -0.25) is 4.79 Å². The van der Waals surface area contributed by atoms with E-state index in [2.05, 4.69) is 31.2 Å². The normalized spacial score (nSPS) is 17.8. The van der Waals surface area contributed by atoms with Crippen molar-refractivity contribution >= 4 is 39.8 Å². The topological polar surface area (TPSA) is 20.3 Å². The Morgan fingerprint density at radius 1 is 1.09 bits per heavy atom. The zero-order valence-corrected chi connectivity index (χ0v) is 14.5. The van der Waals surface area contributed by atoms with E-state index in [1.54, 1.807) is 11.3 Å². The van der Waals surface area contributed by atoms with Crippen LogP contribution in [0.3, 0.4) is 0 Å².